The van der Waals surface area contributed by atoms with Gasteiger partial charge in [-0.25, -0.2) is 4.79 Å². The van der Waals surface area contributed by atoms with Gasteiger partial charge in [-0.3, -0.25) is 4.79 Å². The van der Waals surface area contributed by atoms with Crippen molar-refractivity contribution in [2.45, 2.75) is 19.5 Å². The van der Waals surface area contributed by atoms with Crippen LogP contribution in [0.15, 0.2) is 72.8 Å². The van der Waals surface area contributed by atoms with Crippen LogP contribution in [0.4, 0.5) is 0 Å². The molecule has 1 aromatic heterocycles. The van der Waals surface area contributed by atoms with E-state index in [1.165, 1.54) is 18.1 Å². The number of aromatic nitrogens is 1. The van der Waals surface area contributed by atoms with Crippen molar-refractivity contribution in [2.75, 3.05) is 20.8 Å². The van der Waals surface area contributed by atoms with Crippen molar-refractivity contribution in [2.24, 2.45) is 0 Å². The predicted octanol–water partition coefficient (Wildman–Crippen LogP) is 4.68. The SMILES string of the molecule is COC(=O)c1ccc(Cn2c3c(c4ccccc42)CCN(C(=O)c2cccc(OC)c2)C3)cc1. The van der Waals surface area contributed by atoms with Crippen molar-refractivity contribution in [3.8, 4) is 5.75 Å². The Bertz CT molecular complexity index is 1370. The minimum atomic E-state index is -0.345. The van der Waals surface area contributed by atoms with E-state index in [4.69, 9.17) is 9.47 Å². The Balaban J connectivity index is 1.49. The van der Waals surface area contributed by atoms with Crippen LogP contribution in [-0.4, -0.2) is 42.1 Å². The molecule has 1 amide bonds. The van der Waals surface area contributed by atoms with E-state index >= 15 is 0 Å². The average Bonchev–Trinajstić information content (AvgIpc) is 3.21. The van der Waals surface area contributed by atoms with Gasteiger partial charge < -0.3 is 18.9 Å². The average molecular weight is 455 g/mol. The van der Waals surface area contributed by atoms with Crippen LogP contribution >= 0.6 is 0 Å². The molecule has 2 heterocycles. The summed E-state index contributed by atoms with van der Waals surface area (Å²) in [6.07, 6.45) is 0.805. The first-order chi connectivity index (χ1) is 16.6. The summed E-state index contributed by atoms with van der Waals surface area (Å²) in [5, 5.41) is 1.23. The number of rotatable bonds is 5. The first kappa shape index (κ1) is 21.8. The van der Waals surface area contributed by atoms with Crippen LogP contribution in [0, 0.1) is 0 Å². The van der Waals surface area contributed by atoms with Gasteiger partial charge in [-0.1, -0.05) is 36.4 Å². The number of carbonyl (C=O) groups is 2. The third kappa shape index (κ3) is 3.92. The van der Waals surface area contributed by atoms with Gasteiger partial charge >= 0.3 is 5.97 Å². The minimum absolute atomic E-state index is 0.00351. The van der Waals surface area contributed by atoms with Crippen molar-refractivity contribution in [3.05, 3.63) is 101 Å². The normalized spacial score (nSPS) is 12.9. The fourth-order valence-electron chi connectivity index (χ4n) is 4.73. The summed E-state index contributed by atoms with van der Waals surface area (Å²) in [5.74, 6) is 0.332. The van der Waals surface area contributed by atoms with Crippen molar-refractivity contribution in [1.29, 1.82) is 0 Å². The van der Waals surface area contributed by atoms with E-state index in [0.29, 0.717) is 36.5 Å². The van der Waals surface area contributed by atoms with Crippen LogP contribution in [0.3, 0.4) is 0 Å². The lowest BCUT2D eigenvalue weighted by atomic mass is 10.0. The van der Waals surface area contributed by atoms with Crippen molar-refractivity contribution < 1.29 is 19.1 Å². The maximum absolute atomic E-state index is 13.3. The molecule has 0 unspecified atom stereocenters. The third-order valence-electron chi connectivity index (χ3n) is 6.49. The second kappa shape index (κ2) is 9.06. The largest absolute Gasteiger partial charge is 0.497 e. The molecule has 0 radical (unpaired) electrons. The molecular formula is C28H26N2O4. The van der Waals surface area contributed by atoms with Crippen LogP contribution in [-0.2, 0) is 24.2 Å². The molecule has 0 aliphatic carbocycles. The molecule has 0 saturated carbocycles. The molecule has 0 bridgehead atoms. The van der Waals surface area contributed by atoms with E-state index in [1.54, 1.807) is 25.3 Å². The van der Waals surface area contributed by atoms with E-state index in [0.717, 1.165) is 23.2 Å². The lowest BCUT2D eigenvalue weighted by Gasteiger charge is -2.29. The van der Waals surface area contributed by atoms with Crippen molar-refractivity contribution in [1.82, 2.24) is 9.47 Å². The van der Waals surface area contributed by atoms with E-state index in [9.17, 15) is 9.59 Å². The molecule has 1 aliphatic heterocycles. The number of nitrogens with zero attached hydrogens (tertiary/aromatic N) is 2. The lowest BCUT2D eigenvalue weighted by Crippen LogP contribution is -2.36. The first-order valence-corrected chi connectivity index (χ1v) is 11.3. The molecule has 34 heavy (non-hydrogen) atoms. The number of hydrogen-bond acceptors (Lipinski definition) is 4. The van der Waals surface area contributed by atoms with Crippen molar-refractivity contribution in [3.63, 3.8) is 0 Å². The summed E-state index contributed by atoms with van der Waals surface area (Å²) < 4.78 is 12.4. The number of hydrogen-bond donors (Lipinski definition) is 0. The maximum atomic E-state index is 13.3. The number of methoxy groups -OCH3 is 2. The highest BCUT2D eigenvalue weighted by molar-refractivity contribution is 5.95. The molecule has 1 aliphatic rings. The van der Waals surface area contributed by atoms with Gasteiger partial charge in [0.2, 0.25) is 0 Å². The lowest BCUT2D eigenvalue weighted by molar-refractivity contribution is 0.0600. The van der Waals surface area contributed by atoms with Gasteiger partial charge in [-0.15, -0.1) is 0 Å². The van der Waals surface area contributed by atoms with Gasteiger partial charge in [0.1, 0.15) is 5.75 Å². The fourth-order valence-corrected chi connectivity index (χ4v) is 4.73. The Labute approximate surface area is 198 Å². The Hall–Kier alpha value is -4.06. The summed E-state index contributed by atoms with van der Waals surface area (Å²) in [5.41, 5.74) is 5.84. The Morgan fingerprint density at radius 3 is 2.47 bits per heavy atom. The van der Waals surface area contributed by atoms with Gasteiger partial charge in [0.25, 0.3) is 5.91 Å². The van der Waals surface area contributed by atoms with Crippen LogP contribution in [0.1, 0.15) is 37.5 Å². The standard InChI is InChI=1S/C28H26N2O4/c1-33-22-7-5-6-21(16-22)27(31)29-15-14-24-23-8-3-4-9-25(23)30(26(24)18-29)17-19-10-12-20(13-11-19)28(32)34-2/h3-13,16H,14-15,17-18H2,1-2H3. The number of benzene rings is 3. The van der Waals surface area contributed by atoms with Gasteiger partial charge in [0.05, 0.1) is 26.3 Å². The Morgan fingerprint density at radius 2 is 1.71 bits per heavy atom. The van der Waals surface area contributed by atoms with Crippen LogP contribution in [0.2, 0.25) is 0 Å². The van der Waals surface area contributed by atoms with Gasteiger partial charge in [-0.2, -0.15) is 0 Å². The fraction of sp³-hybridized carbons (Fsp3) is 0.214. The van der Waals surface area contributed by atoms with E-state index in [-0.39, 0.29) is 11.9 Å². The second-order valence-electron chi connectivity index (χ2n) is 8.43. The second-order valence-corrected chi connectivity index (χ2v) is 8.43. The smallest absolute Gasteiger partial charge is 0.337 e. The molecule has 0 atom stereocenters. The highest BCUT2D eigenvalue weighted by Gasteiger charge is 2.27. The highest BCUT2D eigenvalue weighted by Crippen LogP contribution is 2.32. The third-order valence-corrected chi connectivity index (χ3v) is 6.49. The summed E-state index contributed by atoms with van der Waals surface area (Å²) in [7, 11) is 2.99. The number of esters is 1. The maximum Gasteiger partial charge on any atom is 0.337 e. The van der Waals surface area contributed by atoms with Gasteiger partial charge in [-0.05, 0) is 53.9 Å². The molecule has 0 N–H and O–H groups in total. The zero-order valence-electron chi connectivity index (χ0n) is 19.3. The molecule has 4 aromatic rings. The molecule has 3 aromatic carbocycles. The molecule has 5 rings (SSSR count). The van der Waals surface area contributed by atoms with E-state index in [2.05, 4.69) is 22.8 Å². The van der Waals surface area contributed by atoms with Gasteiger partial charge in [0, 0.05) is 35.2 Å². The summed E-state index contributed by atoms with van der Waals surface area (Å²) in [6.45, 7) is 1.86. The molecule has 172 valence electrons. The number of amides is 1. The zero-order valence-corrected chi connectivity index (χ0v) is 19.3. The molecular weight excluding hydrogens is 428 g/mol. The highest BCUT2D eigenvalue weighted by atomic mass is 16.5. The quantitative estimate of drug-likeness (QED) is 0.411. The van der Waals surface area contributed by atoms with Gasteiger partial charge in [0.15, 0.2) is 0 Å². The zero-order chi connectivity index (χ0) is 23.7. The van der Waals surface area contributed by atoms with Crippen LogP contribution in [0.5, 0.6) is 5.75 Å². The number of carbonyl (C=O) groups excluding carboxylic acids is 2. The molecule has 6 nitrogen and oxygen atoms in total. The molecule has 0 spiro atoms. The van der Waals surface area contributed by atoms with E-state index in [1.807, 2.05) is 41.3 Å². The molecule has 0 fully saturated rings. The number of fused-ring (bicyclic) bond motifs is 3. The van der Waals surface area contributed by atoms with E-state index < -0.39 is 0 Å². The predicted molar refractivity (Wildman–Crippen MR) is 130 cm³/mol. The summed E-state index contributed by atoms with van der Waals surface area (Å²) in [6, 6.07) is 23.2. The first-order valence-electron chi connectivity index (χ1n) is 11.3. The molecule has 6 heteroatoms. The number of ether oxygens (including phenoxy) is 2. The topological polar surface area (TPSA) is 60.8 Å². The van der Waals surface area contributed by atoms with Crippen LogP contribution < -0.4 is 4.74 Å². The molecule has 0 saturated heterocycles. The van der Waals surface area contributed by atoms with Crippen LogP contribution in [0.25, 0.3) is 10.9 Å². The summed E-state index contributed by atoms with van der Waals surface area (Å²) >= 11 is 0. The Morgan fingerprint density at radius 1 is 0.912 bits per heavy atom. The Kier molecular flexibility index (Phi) is 5.80. The van der Waals surface area contributed by atoms with Crippen molar-refractivity contribution >= 4 is 22.8 Å². The monoisotopic (exact) mass is 454 g/mol. The summed E-state index contributed by atoms with van der Waals surface area (Å²) in [4.78, 5) is 27.0. The number of para-hydroxylation sites is 1. The minimum Gasteiger partial charge on any atom is -0.497 e.